The van der Waals surface area contributed by atoms with Gasteiger partial charge in [-0.15, -0.1) is 0 Å². The molecule has 0 unspecified atom stereocenters. The molecular formula is C12H13N3O5S. The topological polar surface area (TPSA) is 111 Å². The van der Waals surface area contributed by atoms with E-state index in [-0.39, 0.29) is 16.3 Å². The number of nitrogens with one attached hydrogen (secondary N) is 1. The van der Waals surface area contributed by atoms with Crippen molar-refractivity contribution in [3.05, 3.63) is 36.0 Å². The third kappa shape index (κ3) is 2.97. The van der Waals surface area contributed by atoms with Crippen molar-refractivity contribution in [2.24, 2.45) is 7.05 Å². The third-order valence-electron chi connectivity index (χ3n) is 2.75. The monoisotopic (exact) mass is 311 g/mol. The molecule has 2 aromatic rings. The Labute approximate surface area is 121 Å². The van der Waals surface area contributed by atoms with E-state index in [1.165, 1.54) is 32.4 Å². The number of carbonyl (C=O) groups is 1. The number of hydrogen-bond donors (Lipinski definition) is 2. The molecule has 2 rings (SSSR count). The first-order valence-electron chi connectivity index (χ1n) is 5.77. The molecule has 112 valence electrons. The molecule has 0 spiro atoms. The van der Waals surface area contributed by atoms with Crippen LogP contribution in [0.2, 0.25) is 0 Å². The summed E-state index contributed by atoms with van der Waals surface area (Å²) in [6.45, 7) is 0. The Hall–Kier alpha value is -2.55. The van der Waals surface area contributed by atoms with Crippen LogP contribution < -0.4 is 9.46 Å². The highest BCUT2D eigenvalue weighted by Gasteiger charge is 2.22. The van der Waals surface area contributed by atoms with Crippen molar-refractivity contribution < 1.29 is 23.1 Å². The number of hydrogen-bond acceptors (Lipinski definition) is 5. The van der Waals surface area contributed by atoms with Gasteiger partial charge in [-0.3, -0.25) is 9.40 Å². The van der Waals surface area contributed by atoms with Crippen LogP contribution in [0.5, 0.6) is 5.75 Å². The maximum absolute atomic E-state index is 12.3. The number of rotatable bonds is 5. The van der Waals surface area contributed by atoms with Gasteiger partial charge in [-0.25, -0.2) is 13.2 Å². The smallest absolute Gasteiger partial charge is 0.341 e. The number of anilines is 1. The van der Waals surface area contributed by atoms with Crippen molar-refractivity contribution in [3.8, 4) is 5.75 Å². The Morgan fingerprint density at radius 2 is 2.14 bits per heavy atom. The highest BCUT2D eigenvalue weighted by molar-refractivity contribution is 7.92. The highest BCUT2D eigenvalue weighted by atomic mass is 32.2. The predicted molar refractivity (Wildman–Crippen MR) is 74.0 cm³/mol. The van der Waals surface area contributed by atoms with Gasteiger partial charge in [0.2, 0.25) is 0 Å². The minimum atomic E-state index is -3.95. The molecule has 1 heterocycles. The summed E-state index contributed by atoms with van der Waals surface area (Å²) in [7, 11) is -1.09. The van der Waals surface area contributed by atoms with Crippen LogP contribution in [-0.2, 0) is 17.1 Å². The van der Waals surface area contributed by atoms with E-state index in [0.29, 0.717) is 5.75 Å². The number of nitrogens with zero attached hydrogens (tertiary/aromatic N) is 2. The molecule has 21 heavy (non-hydrogen) atoms. The molecule has 0 radical (unpaired) electrons. The molecule has 8 nitrogen and oxygen atoms in total. The first-order chi connectivity index (χ1) is 9.85. The van der Waals surface area contributed by atoms with Gasteiger partial charge in [-0.05, 0) is 12.1 Å². The Morgan fingerprint density at radius 1 is 1.43 bits per heavy atom. The van der Waals surface area contributed by atoms with Gasteiger partial charge in [0.15, 0.2) is 5.82 Å². The largest absolute Gasteiger partial charge is 0.497 e. The van der Waals surface area contributed by atoms with Crippen molar-refractivity contribution in [1.29, 1.82) is 0 Å². The van der Waals surface area contributed by atoms with E-state index in [2.05, 4.69) is 9.82 Å². The molecule has 9 heteroatoms. The molecule has 2 N–H and O–H groups in total. The second kappa shape index (κ2) is 5.44. The van der Waals surface area contributed by atoms with Crippen LogP contribution in [0.4, 0.5) is 5.82 Å². The van der Waals surface area contributed by atoms with Gasteiger partial charge in [-0.2, -0.15) is 5.10 Å². The average molecular weight is 311 g/mol. The zero-order valence-electron chi connectivity index (χ0n) is 11.3. The molecule has 0 saturated carbocycles. The van der Waals surface area contributed by atoms with Crippen molar-refractivity contribution >= 4 is 21.8 Å². The zero-order valence-corrected chi connectivity index (χ0v) is 12.1. The summed E-state index contributed by atoms with van der Waals surface area (Å²) < 4.78 is 32.9. The standard InChI is InChI=1S/C12H13N3O5S/c1-15-11(10(7-13-15)12(16)17)14-21(18,19)9-5-3-4-8(6-9)20-2/h3-7,14H,1-2H3,(H,16,17). The quantitative estimate of drug-likeness (QED) is 0.849. The SMILES string of the molecule is COc1cccc(S(=O)(=O)Nc2c(C(=O)O)cnn2C)c1. The molecule has 0 saturated heterocycles. The van der Waals surface area contributed by atoms with Gasteiger partial charge < -0.3 is 9.84 Å². The molecule has 0 aliphatic carbocycles. The number of aromatic carboxylic acids is 1. The van der Waals surface area contributed by atoms with E-state index in [0.717, 1.165) is 10.9 Å². The summed E-state index contributed by atoms with van der Waals surface area (Å²) in [5.41, 5.74) is -0.232. The van der Waals surface area contributed by atoms with Gasteiger partial charge in [0, 0.05) is 13.1 Å². The number of sulfonamides is 1. The second-order valence-corrected chi connectivity index (χ2v) is 5.80. The Balaban J connectivity index is 2.42. The maximum atomic E-state index is 12.3. The Morgan fingerprint density at radius 3 is 2.76 bits per heavy atom. The van der Waals surface area contributed by atoms with Crippen LogP contribution in [-0.4, -0.2) is 36.4 Å². The lowest BCUT2D eigenvalue weighted by Crippen LogP contribution is -2.17. The van der Waals surface area contributed by atoms with Crippen LogP contribution in [0.15, 0.2) is 35.4 Å². The second-order valence-electron chi connectivity index (χ2n) is 4.12. The van der Waals surface area contributed by atoms with E-state index < -0.39 is 16.0 Å². The van der Waals surface area contributed by atoms with Crippen molar-refractivity contribution in [2.45, 2.75) is 4.90 Å². The normalized spacial score (nSPS) is 11.1. The van der Waals surface area contributed by atoms with E-state index >= 15 is 0 Å². The highest BCUT2D eigenvalue weighted by Crippen LogP contribution is 2.22. The number of benzene rings is 1. The fourth-order valence-electron chi connectivity index (χ4n) is 1.67. The lowest BCUT2D eigenvalue weighted by atomic mass is 10.3. The molecule has 0 amide bonds. The van der Waals surface area contributed by atoms with E-state index in [4.69, 9.17) is 9.84 Å². The number of ether oxygens (including phenoxy) is 1. The lowest BCUT2D eigenvalue weighted by molar-refractivity contribution is 0.0698. The van der Waals surface area contributed by atoms with Crippen LogP contribution in [0, 0.1) is 0 Å². The van der Waals surface area contributed by atoms with Gasteiger partial charge in [0.05, 0.1) is 18.2 Å². The van der Waals surface area contributed by atoms with E-state index in [1.54, 1.807) is 6.07 Å². The molecule has 0 aliphatic heterocycles. The Bertz CT molecular complexity index is 782. The minimum absolute atomic E-state index is 0.0422. The van der Waals surface area contributed by atoms with Crippen molar-refractivity contribution in [2.75, 3.05) is 11.8 Å². The van der Waals surface area contributed by atoms with E-state index in [1.807, 2.05) is 0 Å². The zero-order chi connectivity index (χ0) is 15.6. The average Bonchev–Trinajstić information content (AvgIpc) is 2.80. The summed E-state index contributed by atoms with van der Waals surface area (Å²) in [5.74, 6) is -1.02. The van der Waals surface area contributed by atoms with E-state index in [9.17, 15) is 13.2 Å². The molecule has 0 aliphatic rings. The van der Waals surface area contributed by atoms with Crippen LogP contribution in [0.25, 0.3) is 0 Å². The van der Waals surface area contributed by atoms with Crippen LogP contribution in [0.1, 0.15) is 10.4 Å². The van der Waals surface area contributed by atoms with Gasteiger partial charge in [0.1, 0.15) is 11.3 Å². The molecule has 1 aromatic heterocycles. The number of carboxylic acids is 1. The maximum Gasteiger partial charge on any atom is 0.341 e. The number of aryl methyl sites for hydroxylation is 1. The summed E-state index contributed by atoms with van der Waals surface area (Å²) in [6.07, 6.45) is 1.08. The first kappa shape index (κ1) is 14.9. The van der Waals surface area contributed by atoms with Crippen molar-refractivity contribution in [3.63, 3.8) is 0 Å². The lowest BCUT2D eigenvalue weighted by Gasteiger charge is -2.10. The number of methoxy groups -OCH3 is 1. The first-order valence-corrected chi connectivity index (χ1v) is 7.25. The minimum Gasteiger partial charge on any atom is -0.497 e. The predicted octanol–water partition coefficient (Wildman–Crippen LogP) is 0.928. The summed E-state index contributed by atoms with van der Waals surface area (Å²) in [4.78, 5) is 11.0. The van der Waals surface area contributed by atoms with Crippen LogP contribution >= 0.6 is 0 Å². The van der Waals surface area contributed by atoms with Crippen LogP contribution in [0.3, 0.4) is 0 Å². The van der Waals surface area contributed by atoms with Gasteiger partial charge in [0.25, 0.3) is 10.0 Å². The van der Waals surface area contributed by atoms with Gasteiger partial charge >= 0.3 is 5.97 Å². The summed E-state index contributed by atoms with van der Waals surface area (Å²) in [5, 5.41) is 12.8. The Kier molecular flexibility index (Phi) is 3.85. The molecule has 0 bridgehead atoms. The summed E-state index contributed by atoms with van der Waals surface area (Å²) in [6, 6.07) is 5.83. The third-order valence-corrected chi connectivity index (χ3v) is 4.09. The molecule has 0 fully saturated rings. The number of aromatic nitrogens is 2. The fourth-order valence-corrected chi connectivity index (χ4v) is 2.81. The summed E-state index contributed by atoms with van der Waals surface area (Å²) >= 11 is 0. The molecular weight excluding hydrogens is 298 g/mol. The fraction of sp³-hybridized carbons (Fsp3) is 0.167. The molecule has 0 atom stereocenters. The van der Waals surface area contributed by atoms with Crippen molar-refractivity contribution in [1.82, 2.24) is 9.78 Å². The van der Waals surface area contributed by atoms with Gasteiger partial charge in [-0.1, -0.05) is 6.07 Å². The molecule has 1 aromatic carbocycles. The number of carboxylic acid groups (broad SMARTS) is 1.